The standard InChI is InChI=1S/C20H25Cl2NO3/c1-3-4-9-26-14-5-7-20(8-6-14)18(24)17(19(25)23-20)16-12(2)10-13(21)11-15(16)22/h3-4,10-11,14,17-18,24H,5-9H2,1-2H3,(H,23,25)/b4-3-. The minimum absolute atomic E-state index is 0.167. The highest BCUT2D eigenvalue weighted by Gasteiger charge is 2.54. The molecule has 3 rings (SSSR count). The molecule has 2 atom stereocenters. The maximum absolute atomic E-state index is 12.7. The average molecular weight is 398 g/mol. The number of carbonyl (C=O) groups is 1. The quantitative estimate of drug-likeness (QED) is 0.750. The first-order valence-electron chi connectivity index (χ1n) is 9.06. The molecule has 1 amide bonds. The number of hydrogen-bond acceptors (Lipinski definition) is 3. The molecule has 0 radical (unpaired) electrons. The molecule has 1 aliphatic carbocycles. The molecule has 2 fully saturated rings. The van der Waals surface area contributed by atoms with Gasteiger partial charge in [0.15, 0.2) is 0 Å². The summed E-state index contributed by atoms with van der Waals surface area (Å²) >= 11 is 12.4. The number of benzene rings is 1. The molecule has 4 nitrogen and oxygen atoms in total. The van der Waals surface area contributed by atoms with Crippen LogP contribution in [-0.4, -0.2) is 35.4 Å². The summed E-state index contributed by atoms with van der Waals surface area (Å²) in [6.45, 7) is 4.43. The number of allylic oxidation sites excluding steroid dienone is 1. The maximum Gasteiger partial charge on any atom is 0.230 e. The van der Waals surface area contributed by atoms with Crippen LogP contribution in [0.15, 0.2) is 24.3 Å². The van der Waals surface area contributed by atoms with Crippen molar-refractivity contribution in [2.45, 2.75) is 63.2 Å². The van der Waals surface area contributed by atoms with E-state index in [2.05, 4.69) is 5.32 Å². The summed E-state index contributed by atoms with van der Waals surface area (Å²) in [5.41, 5.74) is 0.893. The van der Waals surface area contributed by atoms with Gasteiger partial charge in [-0.1, -0.05) is 35.4 Å². The van der Waals surface area contributed by atoms with E-state index < -0.39 is 17.6 Å². The molecule has 1 saturated carbocycles. The number of rotatable bonds is 4. The van der Waals surface area contributed by atoms with Crippen molar-refractivity contribution in [2.75, 3.05) is 6.61 Å². The molecule has 6 heteroatoms. The molecule has 2 unspecified atom stereocenters. The number of hydrogen-bond donors (Lipinski definition) is 2. The van der Waals surface area contributed by atoms with E-state index in [0.29, 0.717) is 35.1 Å². The minimum atomic E-state index is -0.816. The average Bonchev–Trinajstić information content (AvgIpc) is 2.81. The van der Waals surface area contributed by atoms with Gasteiger partial charge in [-0.3, -0.25) is 4.79 Å². The lowest BCUT2D eigenvalue weighted by molar-refractivity contribution is -0.121. The van der Waals surface area contributed by atoms with Crippen molar-refractivity contribution >= 4 is 29.1 Å². The zero-order valence-electron chi connectivity index (χ0n) is 15.1. The zero-order chi connectivity index (χ0) is 18.9. The van der Waals surface area contributed by atoms with E-state index in [1.165, 1.54) is 0 Å². The fraction of sp³-hybridized carbons (Fsp3) is 0.550. The van der Waals surface area contributed by atoms with Gasteiger partial charge in [0, 0.05) is 10.0 Å². The van der Waals surface area contributed by atoms with Crippen LogP contribution in [0.3, 0.4) is 0 Å². The summed E-state index contributed by atoms with van der Waals surface area (Å²) in [6.07, 6.45) is 6.32. The summed E-state index contributed by atoms with van der Waals surface area (Å²) < 4.78 is 5.83. The predicted molar refractivity (Wildman–Crippen MR) is 104 cm³/mol. The number of aryl methyl sites for hydroxylation is 1. The van der Waals surface area contributed by atoms with Crippen LogP contribution in [0.25, 0.3) is 0 Å². The maximum atomic E-state index is 12.7. The van der Waals surface area contributed by atoms with E-state index in [9.17, 15) is 9.90 Å². The number of halogens is 2. The van der Waals surface area contributed by atoms with Crippen LogP contribution in [-0.2, 0) is 9.53 Å². The fourth-order valence-electron chi connectivity index (χ4n) is 4.24. The molecule has 1 aromatic rings. The topological polar surface area (TPSA) is 58.6 Å². The molecule has 1 aromatic carbocycles. The van der Waals surface area contributed by atoms with Crippen LogP contribution in [0.2, 0.25) is 10.0 Å². The Morgan fingerprint density at radius 1 is 1.35 bits per heavy atom. The van der Waals surface area contributed by atoms with Crippen LogP contribution < -0.4 is 5.32 Å². The first kappa shape index (κ1) is 19.7. The van der Waals surface area contributed by atoms with Crippen molar-refractivity contribution in [3.05, 3.63) is 45.5 Å². The van der Waals surface area contributed by atoms with Crippen molar-refractivity contribution in [3.63, 3.8) is 0 Å². The first-order valence-corrected chi connectivity index (χ1v) is 9.82. The van der Waals surface area contributed by atoms with Crippen LogP contribution in [0.5, 0.6) is 0 Å². The van der Waals surface area contributed by atoms with Gasteiger partial charge in [-0.2, -0.15) is 0 Å². The molecule has 1 aliphatic heterocycles. The van der Waals surface area contributed by atoms with Gasteiger partial charge in [0.05, 0.1) is 30.3 Å². The third kappa shape index (κ3) is 3.65. The van der Waals surface area contributed by atoms with Gasteiger partial charge >= 0.3 is 0 Å². The van der Waals surface area contributed by atoms with Crippen LogP contribution in [0, 0.1) is 6.92 Å². The minimum Gasteiger partial charge on any atom is -0.389 e. The van der Waals surface area contributed by atoms with Crippen molar-refractivity contribution in [2.24, 2.45) is 0 Å². The van der Waals surface area contributed by atoms with Crippen molar-refractivity contribution < 1.29 is 14.6 Å². The lowest BCUT2D eigenvalue weighted by Crippen LogP contribution is -2.52. The molecule has 0 bridgehead atoms. The van der Waals surface area contributed by atoms with Crippen molar-refractivity contribution in [3.8, 4) is 0 Å². The molecule has 0 aromatic heterocycles. The van der Waals surface area contributed by atoms with Crippen molar-refractivity contribution in [1.29, 1.82) is 0 Å². The number of aliphatic hydroxyl groups is 1. The number of aliphatic hydroxyl groups excluding tert-OH is 1. The molecular formula is C20H25Cl2NO3. The Labute approximate surface area is 164 Å². The van der Waals surface area contributed by atoms with Gasteiger partial charge in [-0.05, 0) is 62.8 Å². The highest BCUT2D eigenvalue weighted by Crippen LogP contribution is 2.45. The van der Waals surface area contributed by atoms with E-state index >= 15 is 0 Å². The summed E-state index contributed by atoms with van der Waals surface area (Å²) in [7, 11) is 0. The molecule has 2 aliphatic rings. The summed E-state index contributed by atoms with van der Waals surface area (Å²) in [5, 5.41) is 15.1. The Morgan fingerprint density at radius 2 is 2.04 bits per heavy atom. The molecule has 26 heavy (non-hydrogen) atoms. The van der Waals surface area contributed by atoms with E-state index in [-0.39, 0.29) is 12.0 Å². The Morgan fingerprint density at radius 3 is 2.65 bits per heavy atom. The van der Waals surface area contributed by atoms with Gasteiger partial charge in [-0.25, -0.2) is 0 Å². The molecular weight excluding hydrogens is 373 g/mol. The number of amides is 1. The van der Waals surface area contributed by atoms with E-state index in [1.54, 1.807) is 12.1 Å². The van der Waals surface area contributed by atoms with Crippen LogP contribution in [0.1, 0.15) is 49.7 Å². The molecule has 1 spiro atoms. The molecule has 1 saturated heterocycles. The second-order valence-electron chi connectivity index (χ2n) is 7.29. The fourth-order valence-corrected chi connectivity index (χ4v) is 4.95. The molecule has 1 heterocycles. The first-order chi connectivity index (χ1) is 12.4. The Hall–Kier alpha value is -1.07. The SMILES string of the molecule is C/C=C\COC1CCC2(CC1)NC(=O)C(c1c(C)cc(Cl)cc1Cl)C2O. The van der Waals surface area contributed by atoms with Gasteiger partial charge in [-0.15, -0.1) is 0 Å². The monoisotopic (exact) mass is 397 g/mol. The summed E-state index contributed by atoms with van der Waals surface area (Å²) in [5.74, 6) is -0.835. The van der Waals surface area contributed by atoms with Gasteiger partial charge in [0.1, 0.15) is 0 Å². The van der Waals surface area contributed by atoms with E-state index in [4.69, 9.17) is 27.9 Å². The number of ether oxygens (including phenoxy) is 1. The smallest absolute Gasteiger partial charge is 0.230 e. The summed E-state index contributed by atoms with van der Waals surface area (Å²) in [6, 6.07) is 3.40. The van der Waals surface area contributed by atoms with Crippen molar-refractivity contribution in [1.82, 2.24) is 5.32 Å². The van der Waals surface area contributed by atoms with Gasteiger partial charge in [0.2, 0.25) is 5.91 Å². The lowest BCUT2D eigenvalue weighted by Gasteiger charge is -2.39. The van der Waals surface area contributed by atoms with E-state index in [1.807, 2.05) is 26.0 Å². The Bertz CT molecular complexity index is 688. The lowest BCUT2D eigenvalue weighted by atomic mass is 9.74. The predicted octanol–water partition coefficient (Wildman–Crippen LogP) is 4.15. The van der Waals surface area contributed by atoms with Gasteiger partial charge < -0.3 is 15.2 Å². The third-order valence-electron chi connectivity index (χ3n) is 5.64. The van der Waals surface area contributed by atoms with Gasteiger partial charge in [0.25, 0.3) is 0 Å². The normalized spacial score (nSPS) is 31.7. The highest BCUT2D eigenvalue weighted by atomic mass is 35.5. The second kappa shape index (κ2) is 7.89. The zero-order valence-corrected chi connectivity index (χ0v) is 16.6. The molecule has 142 valence electrons. The Balaban J connectivity index is 1.77. The summed E-state index contributed by atoms with van der Waals surface area (Å²) in [4.78, 5) is 12.7. The largest absolute Gasteiger partial charge is 0.389 e. The highest BCUT2D eigenvalue weighted by molar-refractivity contribution is 6.35. The van der Waals surface area contributed by atoms with E-state index in [0.717, 1.165) is 18.4 Å². The van der Waals surface area contributed by atoms with Crippen LogP contribution in [0.4, 0.5) is 0 Å². The third-order valence-corrected chi connectivity index (χ3v) is 6.17. The second-order valence-corrected chi connectivity index (χ2v) is 8.13. The molecule has 2 N–H and O–H groups in total. The van der Waals surface area contributed by atoms with Crippen LogP contribution >= 0.6 is 23.2 Å². The number of carbonyl (C=O) groups excluding carboxylic acids is 1. The Kier molecular flexibility index (Phi) is 5.97. The number of nitrogens with one attached hydrogen (secondary N) is 1.